The average Bonchev–Trinajstić information content (AvgIpc) is 2.76. The summed E-state index contributed by atoms with van der Waals surface area (Å²) in [5, 5.41) is 10.6. The lowest BCUT2D eigenvalue weighted by Gasteiger charge is -2.04. The van der Waals surface area contributed by atoms with Gasteiger partial charge < -0.3 is 4.74 Å². The minimum atomic E-state index is -2.56. The van der Waals surface area contributed by atoms with Crippen LogP contribution in [-0.4, -0.2) is 33.1 Å². The largest absolute Gasteiger partial charge is 0.497 e. The van der Waals surface area contributed by atoms with Crippen LogP contribution in [0, 0.1) is 0 Å². The van der Waals surface area contributed by atoms with Gasteiger partial charge in [-0.1, -0.05) is 0 Å². The average molecular weight is 258 g/mol. The zero-order valence-electron chi connectivity index (χ0n) is 8.75. The SMILES string of the molecule is COc1ccc(-n2nnnc2SC(F)F)cc1. The van der Waals surface area contributed by atoms with Crippen LogP contribution < -0.4 is 4.74 Å². The molecule has 0 aliphatic heterocycles. The Bertz CT molecular complexity index is 488. The first kappa shape index (κ1) is 11.8. The van der Waals surface area contributed by atoms with Crippen LogP contribution in [0.4, 0.5) is 8.78 Å². The molecular weight excluding hydrogens is 250 g/mol. The lowest BCUT2D eigenvalue weighted by Crippen LogP contribution is -2.00. The van der Waals surface area contributed by atoms with E-state index in [0.29, 0.717) is 23.2 Å². The first-order valence-corrected chi connectivity index (χ1v) is 5.46. The van der Waals surface area contributed by atoms with Gasteiger partial charge in [0, 0.05) is 0 Å². The zero-order valence-corrected chi connectivity index (χ0v) is 9.56. The van der Waals surface area contributed by atoms with E-state index in [1.54, 1.807) is 31.4 Å². The minimum Gasteiger partial charge on any atom is -0.497 e. The van der Waals surface area contributed by atoms with Gasteiger partial charge in [0.25, 0.3) is 5.76 Å². The number of benzene rings is 1. The summed E-state index contributed by atoms with van der Waals surface area (Å²) >= 11 is 0.299. The zero-order chi connectivity index (χ0) is 12.3. The minimum absolute atomic E-state index is 0.0465. The normalized spacial score (nSPS) is 10.8. The quantitative estimate of drug-likeness (QED) is 0.785. The summed E-state index contributed by atoms with van der Waals surface area (Å²) in [4.78, 5) is 0. The van der Waals surface area contributed by atoms with Crippen LogP contribution in [0.2, 0.25) is 0 Å². The Morgan fingerprint density at radius 1 is 1.29 bits per heavy atom. The summed E-state index contributed by atoms with van der Waals surface area (Å²) < 4.78 is 30.7. The van der Waals surface area contributed by atoms with Crippen molar-refractivity contribution in [1.82, 2.24) is 20.2 Å². The molecule has 0 atom stereocenters. The molecule has 17 heavy (non-hydrogen) atoms. The lowest BCUT2D eigenvalue weighted by molar-refractivity contribution is 0.251. The molecule has 0 amide bonds. The third-order valence-corrected chi connectivity index (χ3v) is 2.60. The Kier molecular flexibility index (Phi) is 3.52. The van der Waals surface area contributed by atoms with Gasteiger partial charge in [-0.05, 0) is 46.5 Å². The standard InChI is InChI=1S/C9H8F2N4OS/c1-16-7-4-2-6(3-5-7)15-9(12-13-14-15)17-8(10)11/h2-5,8H,1H3. The first-order valence-electron chi connectivity index (χ1n) is 4.58. The Morgan fingerprint density at radius 2 is 2.00 bits per heavy atom. The van der Waals surface area contributed by atoms with Crippen molar-refractivity contribution in [3.63, 3.8) is 0 Å². The van der Waals surface area contributed by atoms with Gasteiger partial charge in [0.15, 0.2) is 0 Å². The number of thioether (sulfide) groups is 1. The molecule has 8 heteroatoms. The van der Waals surface area contributed by atoms with E-state index in [2.05, 4.69) is 15.5 Å². The maximum absolute atomic E-state index is 12.2. The van der Waals surface area contributed by atoms with Crippen LogP contribution in [0.15, 0.2) is 29.4 Å². The van der Waals surface area contributed by atoms with Crippen molar-refractivity contribution in [3.8, 4) is 11.4 Å². The fraction of sp³-hybridized carbons (Fsp3) is 0.222. The topological polar surface area (TPSA) is 52.8 Å². The number of aromatic nitrogens is 4. The number of tetrazole rings is 1. The van der Waals surface area contributed by atoms with E-state index in [-0.39, 0.29) is 5.16 Å². The van der Waals surface area contributed by atoms with Gasteiger partial charge in [0.2, 0.25) is 5.16 Å². The highest BCUT2D eigenvalue weighted by molar-refractivity contribution is 7.99. The van der Waals surface area contributed by atoms with Gasteiger partial charge in [-0.15, -0.1) is 5.10 Å². The molecule has 0 saturated carbocycles. The van der Waals surface area contributed by atoms with Crippen LogP contribution in [-0.2, 0) is 0 Å². The van der Waals surface area contributed by atoms with Gasteiger partial charge in [-0.3, -0.25) is 0 Å². The number of nitrogens with zero attached hydrogens (tertiary/aromatic N) is 4. The van der Waals surface area contributed by atoms with Crippen LogP contribution >= 0.6 is 11.8 Å². The molecule has 0 aliphatic rings. The molecule has 0 spiro atoms. The first-order chi connectivity index (χ1) is 8.20. The number of halogens is 2. The van der Waals surface area contributed by atoms with E-state index in [4.69, 9.17) is 4.74 Å². The second-order valence-corrected chi connectivity index (χ2v) is 3.91. The van der Waals surface area contributed by atoms with Crippen LogP contribution in [0.25, 0.3) is 5.69 Å². The predicted molar refractivity (Wildman–Crippen MR) is 57.6 cm³/mol. The van der Waals surface area contributed by atoms with Crippen LogP contribution in [0.3, 0.4) is 0 Å². The highest BCUT2D eigenvalue weighted by atomic mass is 32.2. The molecule has 2 aromatic rings. The van der Waals surface area contributed by atoms with Gasteiger partial charge in [-0.2, -0.15) is 13.5 Å². The molecule has 1 aromatic carbocycles. The number of hydrogen-bond donors (Lipinski definition) is 0. The molecule has 0 fully saturated rings. The van der Waals surface area contributed by atoms with E-state index >= 15 is 0 Å². The summed E-state index contributed by atoms with van der Waals surface area (Å²) in [5.74, 6) is -1.89. The number of ether oxygens (including phenoxy) is 1. The monoisotopic (exact) mass is 258 g/mol. The van der Waals surface area contributed by atoms with Crippen molar-refractivity contribution >= 4 is 11.8 Å². The third-order valence-electron chi connectivity index (χ3n) is 1.95. The number of hydrogen-bond acceptors (Lipinski definition) is 5. The summed E-state index contributed by atoms with van der Waals surface area (Å²) in [7, 11) is 1.55. The molecule has 0 unspecified atom stereocenters. The molecule has 0 N–H and O–H groups in total. The van der Waals surface area contributed by atoms with Gasteiger partial charge in [0.05, 0.1) is 12.8 Å². The maximum atomic E-state index is 12.2. The van der Waals surface area contributed by atoms with Gasteiger partial charge >= 0.3 is 0 Å². The molecule has 1 heterocycles. The summed E-state index contributed by atoms with van der Waals surface area (Å²) in [6, 6.07) is 6.77. The summed E-state index contributed by atoms with van der Waals surface area (Å²) in [6.07, 6.45) is 0. The predicted octanol–water partition coefficient (Wildman–Crippen LogP) is 1.99. The molecule has 1 aromatic heterocycles. The number of alkyl halides is 2. The second kappa shape index (κ2) is 5.09. The van der Waals surface area contributed by atoms with Gasteiger partial charge in [0.1, 0.15) is 5.75 Å². The smallest absolute Gasteiger partial charge is 0.291 e. The van der Waals surface area contributed by atoms with E-state index in [1.807, 2.05) is 0 Å². The van der Waals surface area contributed by atoms with Gasteiger partial charge in [-0.25, -0.2) is 0 Å². The van der Waals surface area contributed by atoms with Crippen molar-refractivity contribution in [2.45, 2.75) is 10.9 Å². The van der Waals surface area contributed by atoms with Crippen LogP contribution in [0.1, 0.15) is 0 Å². The van der Waals surface area contributed by atoms with E-state index in [0.717, 1.165) is 0 Å². The molecule has 90 valence electrons. The van der Waals surface area contributed by atoms with Crippen molar-refractivity contribution in [3.05, 3.63) is 24.3 Å². The Balaban J connectivity index is 2.29. The molecule has 5 nitrogen and oxygen atoms in total. The lowest BCUT2D eigenvalue weighted by atomic mass is 10.3. The van der Waals surface area contributed by atoms with Crippen molar-refractivity contribution in [2.75, 3.05) is 7.11 Å². The molecule has 0 bridgehead atoms. The second-order valence-electron chi connectivity index (χ2n) is 2.95. The molecule has 0 saturated heterocycles. The third kappa shape index (κ3) is 2.70. The molecule has 2 rings (SSSR count). The summed E-state index contributed by atoms with van der Waals surface area (Å²) in [6.45, 7) is 0. The Labute approximate surface area is 99.8 Å². The van der Waals surface area contributed by atoms with E-state index in [9.17, 15) is 8.78 Å². The molecular formula is C9H8F2N4OS. The van der Waals surface area contributed by atoms with Crippen molar-refractivity contribution in [1.29, 1.82) is 0 Å². The number of rotatable bonds is 4. The summed E-state index contributed by atoms with van der Waals surface area (Å²) in [5.41, 5.74) is 0.596. The van der Waals surface area contributed by atoms with E-state index in [1.165, 1.54) is 4.68 Å². The number of methoxy groups -OCH3 is 1. The van der Waals surface area contributed by atoms with Crippen molar-refractivity contribution < 1.29 is 13.5 Å². The fourth-order valence-electron chi connectivity index (χ4n) is 1.22. The fourth-order valence-corrected chi connectivity index (χ4v) is 1.70. The van der Waals surface area contributed by atoms with E-state index < -0.39 is 5.76 Å². The molecule has 0 radical (unpaired) electrons. The van der Waals surface area contributed by atoms with Crippen molar-refractivity contribution in [2.24, 2.45) is 0 Å². The maximum Gasteiger partial charge on any atom is 0.291 e. The Morgan fingerprint density at radius 3 is 2.59 bits per heavy atom. The van der Waals surface area contributed by atoms with Crippen LogP contribution in [0.5, 0.6) is 5.75 Å². The molecule has 0 aliphatic carbocycles. The highest BCUT2D eigenvalue weighted by Crippen LogP contribution is 2.24. The Hall–Kier alpha value is -1.70. The highest BCUT2D eigenvalue weighted by Gasteiger charge is 2.14.